The normalized spacial score (nSPS) is 12.0. The summed E-state index contributed by atoms with van der Waals surface area (Å²) < 4.78 is 17.0. The van der Waals surface area contributed by atoms with Crippen molar-refractivity contribution in [2.45, 2.75) is 425 Å². The van der Waals surface area contributed by atoms with Crippen molar-refractivity contribution in [3.05, 3.63) is 12.2 Å². The lowest BCUT2D eigenvalue weighted by Gasteiger charge is -2.18. The number of hydrogen-bond donors (Lipinski definition) is 0. The van der Waals surface area contributed by atoms with Crippen molar-refractivity contribution in [2.24, 2.45) is 0 Å². The van der Waals surface area contributed by atoms with E-state index in [1.54, 1.807) is 0 Å². The topological polar surface area (TPSA) is 78.9 Å². The summed E-state index contributed by atoms with van der Waals surface area (Å²) in [5.74, 6) is -0.841. The van der Waals surface area contributed by atoms with Crippen LogP contribution in [0.2, 0.25) is 0 Å². The van der Waals surface area contributed by atoms with Crippen LogP contribution in [0.15, 0.2) is 12.2 Å². The fraction of sp³-hybridized carbons (Fsp3) is 0.932. The maximum absolute atomic E-state index is 12.9. The van der Waals surface area contributed by atoms with E-state index >= 15 is 0 Å². The monoisotopic (exact) mass is 1110 g/mol. The third kappa shape index (κ3) is 66.8. The van der Waals surface area contributed by atoms with Gasteiger partial charge in [-0.3, -0.25) is 14.4 Å². The zero-order valence-corrected chi connectivity index (χ0v) is 53.9. The van der Waals surface area contributed by atoms with Crippen LogP contribution < -0.4 is 0 Å². The van der Waals surface area contributed by atoms with Crippen LogP contribution >= 0.6 is 0 Å². The Morgan fingerprint density at radius 1 is 0.241 bits per heavy atom. The Kier molecular flexibility index (Phi) is 67.0. The molecule has 0 aromatic carbocycles. The number of unbranched alkanes of at least 4 members (excludes halogenated alkanes) is 55. The SMILES string of the molecule is CCCCC/C=C\CCCCCCCC(=O)OCC(COC(=O)CCCCCCCCCCCCCCCCCCCCCCCCCCCCCCCC)OC(=O)CCCCCCCCCCCCCCCCCCCCC. The molecule has 0 rings (SSSR count). The Hall–Kier alpha value is -1.85. The minimum atomic E-state index is -0.769. The minimum Gasteiger partial charge on any atom is -0.462 e. The van der Waals surface area contributed by atoms with Gasteiger partial charge in [0.05, 0.1) is 0 Å². The lowest BCUT2D eigenvalue weighted by atomic mass is 10.0. The molecule has 0 aliphatic carbocycles. The summed E-state index contributed by atoms with van der Waals surface area (Å²) in [6.07, 6.45) is 82.6. The van der Waals surface area contributed by atoms with Gasteiger partial charge in [0.15, 0.2) is 6.10 Å². The molecule has 0 aromatic heterocycles. The smallest absolute Gasteiger partial charge is 0.306 e. The Morgan fingerprint density at radius 3 is 0.658 bits per heavy atom. The third-order valence-corrected chi connectivity index (χ3v) is 16.8. The van der Waals surface area contributed by atoms with E-state index in [1.165, 1.54) is 315 Å². The van der Waals surface area contributed by atoms with E-state index in [1.807, 2.05) is 0 Å². The molecule has 0 aromatic rings. The van der Waals surface area contributed by atoms with Crippen LogP contribution in [-0.2, 0) is 28.6 Å². The highest BCUT2D eigenvalue weighted by Crippen LogP contribution is 2.19. The molecule has 1 unspecified atom stereocenters. The molecular formula is C73H140O6. The fourth-order valence-electron chi connectivity index (χ4n) is 11.3. The molecule has 0 saturated carbocycles. The van der Waals surface area contributed by atoms with Crippen molar-refractivity contribution in [1.82, 2.24) is 0 Å². The Bertz CT molecular complexity index is 1230. The van der Waals surface area contributed by atoms with Crippen LogP contribution in [-0.4, -0.2) is 37.2 Å². The van der Waals surface area contributed by atoms with Crippen molar-refractivity contribution in [1.29, 1.82) is 0 Å². The number of allylic oxidation sites excluding steroid dienone is 2. The molecule has 0 saturated heterocycles. The molecule has 6 heteroatoms. The van der Waals surface area contributed by atoms with E-state index < -0.39 is 6.10 Å². The van der Waals surface area contributed by atoms with Gasteiger partial charge in [0.1, 0.15) is 13.2 Å². The maximum Gasteiger partial charge on any atom is 0.306 e. The first-order chi connectivity index (χ1) is 39.0. The molecule has 0 heterocycles. The van der Waals surface area contributed by atoms with Crippen LogP contribution in [0.1, 0.15) is 419 Å². The quantitative estimate of drug-likeness (QED) is 0.0261. The third-order valence-electron chi connectivity index (χ3n) is 16.8. The molecule has 6 nitrogen and oxygen atoms in total. The molecule has 0 fully saturated rings. The van der Waals surface area contributed by atoms with Gasteiger partial charge in [-0.1, -0.05) is 367 Å². The number of carbonyl (C=O) groups excluding carboxylic acids is 3. The number of hydrogen-bond acceptors (Lipinski definition) is 6. The summed E-state index contributed by atoms with van der Waals surface area (Å²) in [6, 6.07) is 0. The van der Waals surface area contributed by atoms with Gasteiger partial charge in [-0.2, -0.15) is 0 Å². The van der Waals surface area contributed by atoms with Crippen LogP contribution in [0.3, 0.4) is 0 Å². The zero-order chi connectivity index (χ0) is 57.1. The number of carbonyl (C=O) groups is 3. The van der Waals surface area contributed by atoms with E-state index in [4.69, 9.17) is 14.2 Å². The summed E-state index contributed by atoms with van der Waals surface area (Å²) in [5, 5.41) is 0. The van der Waals surface area contributed by atoms with E-state index in [0.29, 0.717) is 19.3 Å². The van der Waals surface area contributed by atoms with E-state index in [0.717, 1.165) is 64.2 Å². The molecule has 468 valence electrons. The van der Waals surface area contributed by atoms with Gasteiger partial charge in [0.25, 0.3) is 0 Å². The number of esters is 3. The Balaban J connectivity index is 4.11. The van der Waals surface area contributed by atoms with Crippen LogP contribution in [0.25, 0.3) is 0 Å². The second-order valence-electron chi connectivity index (χ2n) is 24.9. The summed E-state index contributed by atoms with van der Waals surface area (Å²) in [6.45, 7) is 6.70. The zero-order valence-electron chi connectivity index (χ0n) is 53.9. The summed E-state index contributed by atoms with van der Waals surface area (Å²) in [7, 11) is 0. The van der Waals surface area contributed by atoms with Crippen molar-refractivity contribution < 1.29 is 28.6 Å². The molecule has 0 aliphatic heterocycles. The highest BCUT2D eigenvalue weighted by molar-refractivity contribution is 5.71. The van der Waals surface area contributed by atoms with Crippen molar-refractivity contribution in [2.75, 3.05) is 13.2 Å². The van der Waals surface area contributed by atoms with Gasteiger partial charge >= 0.3 is 17.9 Å². The molecule has 0 amide bonds. The molecule has 79 heavy (non-hydrogen) atoms. The lowest BCUT2D eigenvalue weighted by molar-refractivity contribution is -0.167. The van der Waals surface area contributed by atoms with Gasteiger partial charge in [-0.15, -0.1) is 0 Å². The molecule has 1 atom stereocenters. The van der Waals surface area contributed by atoms with E-state index in [9.17, 15) is 14.4 Å². The van der Waals surface area contributed by atoms with Gasteiger partial charge in [-0.05, 0) is 44.9 Å². The number of ether oxygens (including phenoxy) is 3. The first kappa shape index (κ1) is 77.2. The Morgan fingerprint density at radius 2 is 0.418 bits per heavy atom. The highest BCUT2D eigenvalue weighted by Gasteiger charge is 2.19. The molecule has 0 bridgehead atoms. The van der Waals surface area contributed by atoms with Gasteiger partial charge < -0.3 is 14.2 Å². The predicted octanol–water partition coefficient (Wildman–Crippen LogP) is 24.8. The molecule has 0 radical (unpaired) electrons. The van der Waals surface area contributed by atoms with E-state index in [-0.39, 0.29) is 31.1 Å². The molecule has 0 aliphatic rings. The largest absolute Gasteiger partial charge is 0.462 e. The fourth-order valence-corrected chi connectivity index (χ4v) is 11.3. The summed E-state index contributed by atoms with van der Waals surface area (Å²) in [4.78, 5) is 38.4. The van der Waals surface area contributed by atoms with Crippen LogP contribution in [0.4, 0.5) is 0 Å². The first-order valence-corrected chi connectivity index (χ1v) is 36.2. The highest BCUT2D eigenvalue weighted by atomic mass is 16.6. The van der Waals surface area contributed by atoms with Gasteiger partial charge in [0.2, 0.25) is 0 Å². The maximum atomic E-state index is 12.9. The lowest BCUT2D eigenvalue weighted by Crippen LogP contribution is -2.30. The number of rotatable bonds is 68. The second-order valence-corrected chi connectivity index (χ2v) is 24.9. The molecule has 0 spiro atoms. The standard InChI is InChI=1S/C73H140O6/c1-4-7-10-13-16-19-22-25-27-29-31-32-33-34-35-36-37-38-39-40-41-43-44-46-48-51-54-57-60-63-66-72(75)78-69-70(68-77-71(74)65-62-59-56-53-50-24-21-18-15-12-9-6-3)79-73(76)67-64-61-58-55-52-49-47-45-42-30-28-26-23-20-17-14-11-8-5-2/h18,21,70H,4-17,19-20,22-69H2,1-3H3/b21-18-. The first-order valence-electron chi connectivity index (χ1n) is 36.2. The second kappa shape index (κ2) is 68.6. The van der Waals surface area contributed by atoms with E-state index in [2.05, 4.69) is 32.9 Å². The van der Waals surface area contributed by atoms with Gasteiger partial charge in [-0.25, -0.2) is 0 Å². The molecule has 0 N–H and O–H groups in total. The van der Waals surface area contributed by atoms with Gasteiger partial charge in [0, 0.05) is 19.3 Å². The van der Waals surface area contributed by atoms with Crippen molar-refractivity contribution in [3.63, 3.8) is 0 Å². The minimum absolute atomic E-state index is 0.0658. The molecular weight excluding hydrogens is 973 g/mol. The van der Waals surface area contributed by atoms with Crippen molar-refractivity contribution >= 4 is 17.9 Å². The van der Waals surface area contributed by atoms with Crippen LogP contribution in [0.5, 0.6) is 0 Å². The average Bonchev–Trinajstić information content (AvgIpc) is 3.45. The average molecular weight is 1110 g/mol. The Labute approximate surface area is 494 Å². The van der Waals surface area contributed by atoms with Crippen molar-refractivity contribution in [3.8, 4) is 0 Å². The summed E-state index contributed by atoms with van der Waals surface area (Å²) in [5.41, 5.74) is 0. The summed E-state index contributed by atoms with van der Waals surface area (Å²) >= 11 is 0. The predicted molar refractivity (Wildman–Crippen MR) is 344 cm³/mol. The van der Waals surface area contributed by atoms with Crippen LogP contribution in [0, 0.1) is 0 Å².